The fourth-order valence-corrected chi connectivity index (χ4v) is 2.89. The lowest BCUT2D eigenvalue weighted by Gasteiger charge is -2.33. The van der Waals surface area contributed by atoms with Crippen LogP contribution in [0.25, 0.3) is 0 Å². The molecular weight excluding hydrogens is 336 g/mol. The molecule has 0 spiro atoms. The zero-order valence-corrected chi connectivity index (χ0v) is 15.5. The number of hydrogen-bond donors (Lipinski definition) is 1. The lowest BCUT2D eigenvalue weighted by atomic mass is 10.1. The van der Waals surface area contributed by atoms with E-state index in [9.17, 15) is 14.4 Å². The number of Topliss-reactive ketones (excluding diaryl/α,β-unsaturated/α-hetero) is 1. The molecule has 1 aliphatic heterocycles. The van der Waals surface area contributed by atoms with E-state index < -0.39 is 0 Å². The van der Waals surface area contributed by atoms with Crippen molar-refractivity contribution in [1.82, 2.24) is 10.2 Å². The Balaban J connectivity index is 1.93. The summed E-state index contributed by atoms with van der Waals surface area (Å²) >= 11 is 0. The van der Waals surface area contributed by atoms with Crippen LogP contribution in [0.4, 0.5) is 0 Å². The number of likely N-dealkylation sites (tertiary alicyclic amines) is 1. The van der Waals surface area contributed by atoms with Crippen LogP contribution in [0.5, 0.6) is 11.5 Å². The van der Waals surface area contributed by atoms with Crippen LogP contribution in [0.1, 0.15) is 43.5 Å². The highest BCUT2D eigenvalue weighted by atomic mass is 16.5. The largest absolute Gasteiger partial charge is 0.493 e. The molecule has 1 aliphatic rings. The predicted molar refractivity (Wildman–Crippen MR) is 96.5 cm³/mol. The maximum atomic E-state index is 12.4. The van der Waals surface area contributed by atoms with Crippen LogP contribution in [0.2, 0.25) is 0 Å². The number of carbonyl (C=O) groups excluding carboxylic acids is 3. The topological polar surface area (TPSA) is 84.9 Å². The molecule has 1 aromatic rings. The summed E-state index contributed by atoms with van der Waals surface area (Å²) in [6.45, 7) is 4.31. The van der Waals surface area contributed by atoms with Crippen LogP contribution in [-0.4, -0.2) is 55.3 Å². The first-order chi connectivity index (χ1) is 12.4. The number of hydrogen-bond acceptors (Lipinski definition) is 5. The second-order valence-electron chi connectivity index (χ2n) is 6.31. The Morgan fingerprint density at radius 1 is 1.27 bits per heavy atom. The predicted octanol–water partition coefficient (Wildman–Crippen LogP) is 1.79. The molecule has 0 aromatic heterocycles. The number of rotatable bonds is 7. The van der Waals surface area contributed by atoms with Crippen molar-refractivity contribution in [1.29, 1.82) is 0 Å². The molecule has 1 fully saturated rings. The smallest absolute Gasteiger partial charge is 0.260 e. The number of nitrogens with one attached hydrogen (secondary N) is 1. The minimum atomic E-state index is -0.141. The van der Waals surface area contributed by atoms with Gasteiger partial charge in [-0.05, 0) is 38.0 Å². The number of carbonyl (C=O) groups is 3. The molecule has 0 aliphatic carbocycles. The van der Waals surface area contributed by atoms with E-state index in [2.05, 4.69) is 5.32 Å². The molecular formula is C19H26N2O5. The number of piperidine rings is 1. The summed E-state index contributed by atoms with van der Waals surface area (Å²) in [5.74, 6) is 0.615. The monoisotopic (exact) mass is 362 g/mol. The van der Waals surface area contributed by atoms with E-state index in [1.54, 1.807) is 30.0 Å². The number of benzene rings is 1. The summed E-state index contributed by atoms with van der Waals surface area (Å²) in [6.07, 6.45) is 2.15. The highest BCUT2D eigenvalue weighted by Crippen LogP contribution is 2.28. The van der Waals surface area contributed by atoms with Gasteiger partial charge in [0.1, 0.15) is 0 Å². The van der Waals surface area contributed by atoms with Crippen molar-refractivity contribution in [2.45, 2.75) is 39.2 Å². The van der Waals surface area contributed by atoms with Crippen LogP contribution < -0.4 is 14.8 Å². The maximum absolute atomic E-state index is 12.4. The molecule has 1 saturated heterocycles. The van der Waals surface area contributed by atoms with Crippen molar-refractivity contribution in [2.24, 2.45) is 0 Å². The van der Waals surface area contributed by atoms with Crippen molar-refractivity contribution < 1.29 is 23.9 Å². The quantitative estimate of drug-likeness (QED) is 0.748. The molecule has 1 unspecified atom stereocenters. The van der Waals surface area contributed by atoms with Gasteiger partial charge in [-0.1, -0.05) is 6.92 Å². The number of nitrogens with zero attached hydrogens (tertiary/aromatic N) is 1. The van der Waals surface area contributed by atoms with E-state index in [1.165, 1.54) is 14.0 Å². The van der Waals surface area contributed by atoms with Crippen LogP contribution in [0.15, 0.2) is 18.2 Å². The molecule has 26 heavy (non-hydrogen) atoms. The van der Waals surface area contributed by atoms with Gasteiger partial charge in [-0.25, -0.2) is 0 Å². The van der Waals surface area contributed by atoms with E-state index in [4.69, 9.17) is 9.47 Å². The second kappa shape index (κ2) is 9.22. The van der Waals surface area contributed by atoms with Gasteiger partial charge in [-0.3, -0.25) is 14.4 Å². The Morgan fingerprint density at radius 2 is 2.04 bits per heavy atom. The molecule has 142 valence electrons. The molecule has 0 saturated carbocycles. The average molecular weight is 362 g/mol. The van der Waals surface area contributed by atoms with E-state index in [1.807, 2.05) is 0 Å². The molecule has 2 rings (SSSR count). The van der Waals surface area contributed by atoms with Crippen LogP contribution in [-0.2, 0) is 9.59 Å². The van der Waals surface area contributed by atoms with Crippen LogP contribution >= 0.6 is 0 Å². The minimum absolute atomic E-state index is 0.00385. The van der Waals surface area contributed by atoms with Crippen molar-refractivity contribution in [3.63, 3.8) is 0 Å². The molecule has 1 heterocycles. The van der Waals surface area contributed by atoms with E-state index in [0.29, 0.717) is 36.6 Å². The van der Waals surface area contributed by atoms with Gasteiger partial charge in [0.05, 0.1) is 7.11 Å². The first kappa shape index (κ1) is 19.8. The van der Waals surface area contributed by atoms with Crippen molar-refractivity contribution in [3.8, 4) is 11.5 Å². The molecule has 1 aromatic carbocycles. The average Bonchev–Trinajstić information content (AvgIpc) is 2.65. The standard InChI is InChI=1S/C19H26N2O5/c1-4-18(23)20-15-6-5-9-21(11-15)19(24)12-26-16-8-7-14(13(2)22)10-17(16)25-3/h7-8,10,15H,4-6,9,11-12H2,1-3H3,(H,20,23). The Bertz CT molecular complexity index is 674. The van der Waals surface area contributed by atoms with Crippen molar-refractivity contribution in [3.05, 3.63) is 23.8 Å². The van der Waals surface area contributed by atoms with E-state index >= 15 is 0 Å². The van der Waals surface area contributed by atoms with Gasteiger partial charge >= 0.3 is 0 Å². The third-order valence-electron chi connectivity index (χ3n) is 4.38. The first-order valence-electron chi connectivity index (χ1n) is 8.83. The summed E-state index contributed by atoms with van der Waals surface area (Å²) < 4.78 is 10.8. The lowest BCUT2D eigenvalue weighted by Crippen LogP contribution is -2.50. The highest BCUT2D eigenvalue weighted by molar-refractivity contribution is 5.94. The highest BCUT2D eigenvalue weighted by Gasteiger charge is 2.25. The Hall–Kier alpha value is -2.57. The molecule has 7 nitrogen and oxygen atoms in total. The fraction of sp³-hybridized carbons (Fsp3) is 0.526. The maximum Gasteiger partial charge on any atom is 0.260 e. The number of methoxy groups -OCH3 is 1. The lowest BCUT2D eigenvalue weighted by molar-refractivity contribution is -0.135. The minimum Gasteiger partial charge on any atom is -0.493 e. The number of ketones is 1. The van der Waals surface area contributed by atoms with Crippen LogP contribution in [0.3, 0.4) is 0 Å². The zero-order valence-electron chi connectivity index (χ0n) is 15.5. The Kier molecular flexibility index (Phi) is 7.00. The van der Waals surface area contributed by atoms with Gasteiger partial charge < -0.3 is 19.7 Å². The van der Waals surface area contributed by atoms with Gasteiger partial charge in [0.25, 0.3) is 5.91 Å². The van der Waals surface area contributed by atoms with Crippen molar-refractivity contribution >= 4 is 17.6 Å². The molecule has 1 N–H and O–H groups in total. The van der Waals surface area contributed by atoms with Gasteiger partial charge in [0.15, 0.2) is 23.9 Å². The summed E-state index contributed by atoms with van der Waals surface area (Å²) in [4.78, 5) is 37.1. The molecule has 0 radical (unpaired) electrons. The van der Waals surface area contributed by atoms with Gasteiger partial charge in [0, 0.05) is 31.1 Å². The molecule has 0 bridgehead atoms. The summed E-state index contributed by atoms with van der Waals surface area (Å²) in [6, 6.07) is 4.86. The van der Waals surface area contributed by atoms with Gasteiger partial charge in [0.2, 0.25) is 5.91 Å². The normalized spacial score (nSPS) is 16.7. The summed E-state index contributed by atoms with van der Waals surface area (Å²) in [7, 11) is 1.49. The number of ether oxygens (including phenoxy) is 2. The summed E-state index contributed by atoms with van der Waals surface area (Å²) in [5.41, 5.74) is 0.520. The molecule has 2 amide bonds. The molecule has 1 atom stereocenters. The zero-order chi connectivity index (χ0) is 19.1. The summed E-state index contributed by atoms with van der Waals surface area (Å²) in [5, 5.41) is 2.94. The SMILES string of the molecule is CCC(=O)NC1CCCN(C(=O)COc2ccc(C(C)=O)cc2OC)C1. The van der Waals surface area contributed by atoms with Gasteiger partial charge in [-0.2, -0.15) is 0 Å². The Morgan fingerprint density at radius 3 is 2.69 bits per heavy atom. The third-order valence-corrected chi connectivity index (χ3v) is 4.38. The number of amides is 2. The Labute approximate surface area is 153 Å². The fourth-order valence-electron chi connectivity index (χ4n) is 2.89. The molecule has 7 heteroatoms. The third kappa shape index (κ3) is 5.21. The van der Waals surface area contributed by atoms with Gasteiger partial charge in [-0.15, -0.1) is 0 Å². The van der Waals surface area contributed by atoms with E-state index in [0.717, 1.165) is 12.8 Å². The van der Waals surface area contributed by atoms with Crippen molar-refractivity contribution in [2.75, 3.05) is 26.8 Å². The van der Waals surface area contributed by atoms with E-state index in [-0.39, 0.29) is 30.2 Å². The van der Waals surface area contributed by atoms with Crippen LogP contribution in [0, 0.1) is 0 Å². The first-order valence-corrected chi connectivity index (χ1v) is 8.83. The second-order valence-corrected chi connectivity index (χ2v) is 6.31.